The highest BCUT2D eigenvalue weighted by Gasteiger charge is 2.32. The van der Waals surface area contributed by atoms with Crippen LogP contribution in [-0.4, -0.2) is 28.0 Å². The first kappa shape index (κ1) is 25.7. The lowest BCUT2D eigenvalue weighted by molar-refractivity contribution is -0.137. The molecule has 0 aliphatic carbocycles. The Morgan fingerprint density at radius 3 is 2.35 bits per heavy atom. The molecule has 0 aromatic heterocycles. The Bertz CT molecular complexity index is 1320. The van der Waals surface area contributed by atoms with Gasteiger partial charge in [0, 0.05) is 5.69 Å². The summed E-state index contributed by atoms with van der Waals surface area (Å²) in [5.41, 5.74) is -1.07. The number of hydrogen-bond acceptors (Lipinski definition) is 4. The Hall–Kier alpha value is -2.95. The van der Waals surface area contributed by atoms with Crippen LogP contribution < -0.4 is 14.4 Å². The van der Waals surface area contributed by atoms with Gasteiger partial charge in [0.2, 0.25) is 5.91 Å². The fraction of sp³-hybridized carbons (Fsp3) is 0.136. The summed E-state index contributed by atoms with van der Waals surface area (Å²) in [5, 5.41) is 2.42. The number of hydrogen-bond donors (Lipinski definition) is 1. The van der Waals surface area contributed by atoms with Crippen molar-refractivity contribution < 1.29 is 31.1 Å². The Morgan fingerprint density at radius 2 is 1.71 bits per heavy atom. The molecule has 1 amide bonds. The maximum absolute atomic E-state index is 13.5. The lowest BCUT2D eigenvalue weighted by Crippen LogP contribution is -2.38. The second-order valence-electron chi connectivity index (χ2n) is 6.89. The van der Waals surface area contributed by atoms with Crippen LogP contribution in [0.3, 0.4) is 0 Å². The zero-order valence-electron chi connectivity index (χ0n) is 17.4. The number of benzene rings is 3. The normalized spacial score (nSPS) is 11.7. The van der Waals surface area contributed by atoms with Crippen LogP contribution in [0.25, 0.3) is 0 Å². The lowest BCUT2D eigenvalue weighted by Gasteiger charge is -2.25. The zero-order valence-corrected chi connectivity index (χ0v) is 19.8. The number of amides is 1. The summed E-state index contributed by atoms with van der Waals surface area (Å²) in [6.07, 6.45) is -4.61. The molecule has 3 aromatic rings. The van der Waals surface area contributed by atoms with Gasteiger partial charge in [0.15, 0.2) is 0 Å². The Labute approximate surface area is 203 Å². The maximum atomic E-state index is 13.5. The molecule has 0 saturated carbocycles. The number of ether oxygens (including phenoxy) is 1. The van der Waals surface area contributed by atoms with Gasteiger partial charge in [-0.3, -0.25) is 9.10 Å². The van der Waals surface area contributed by atoms with E-state index in [0.29, 0.717) is 0 Å². The second kappa shape index (κ2) is 10.1. The van der Waals surface area contributed by atoms with Crippen molar-refractivity contribution in [3.8, 4) is 5.75 Å². The average molecular weight is 533 g/mol. The van der Waals surface area contributed by atoms with E-state index in [1.807, 2.05) is 0 Å². The van der Waals surface area contributed by atoms with E-state index < -0.39 is 34.2 Å². The maximum Gasteiger partial charge on any atom is 0.416 e. The molecule has 0 radical (unpaired) electrons. The number of alkyl halides is 3. The van der Waals surface area contributed by atoms with E-state index in [1.54, 1.807) is 12.1 Å². The summed E-state index contributed by atoms with van der Waals surface area (Å²) in [6.45, 7) is -0.765. The molecule has 34 heavy (non-hydrogen) atoms. The summed E-state index contributed by atoms with van der Waals surface area (Å²) in [6, 6.07) is 13.7. The molecule has 1 N–H and O–H groups in total. The van der Waals surface area contributed by atoms with Crippen molar-refractivity contribution in [3.63, 3.8) is 0 Å². The molecule has 3 aromatic carbocycles. The first-order chi connectivity index (χ1) is 15.9. The molecule has 0 unspecified atom stereocenters. The number of nitrogens with zero attached hydrogens (tertiary/aromatic N) is 1. The van der Waals surface area contributed by atoms with Gasteiger partial charge in [-0.05, 0) is 48.5 Å². The summed E-state index contributed by atoms with van der Waals surface area (Å²) in [7, 11) is -3.05. The smallest absolute Gasteiger partial charge is 0.416 e. The van der Waals surface area contributed by atoms with Gasteiger partial charge in [-0.2, -0.15) is 13.2 Å². The van der Waals surface area contributed by atoms with Crippen LogP contribution in [0.5, 0.6) is 5.75 Å². The average Bonchev–Trinajstić information content (AvgIpc) is 2.78. The second-order valence-corrected chi connectivity index (χ2v) is 9.56. The number of methoxy groups -OCH3 is 1. The highest BCUT2D eigenvalue weighted by atomic mass is 35.5. The van der Waals surface area contributed by atoms with Crippen molar-refractivity contribution >= 4 is 50.5 Å². The third-order valence-corrected chi connectivity index (χ3v) is 7.09. The summed E-state index contributed by atoms with van der Waals surface area (Å²) < 4.78 is 71.9. The first-order valence-corrected chi connectivity index (χ1v) is 11.7. The molecule has 180 valence electrons. The third-order valence-electron chi connectivity index (χ3n) is 4.59. The fourth-order valence-corrected chi connectivity index (χ4v) is 4.83. The molecule has 0 aliphatic rings. The predicted molar refractivity (Wildman–Crippen MR) is 124 cm³/mol. The van der Waals surface area contributed by atoms with Crippen LogP contribution in [0.4, 0.5) is 24.5 Å². The fourth-order valence-electron chi connectivity index (χ4n) is 3.00. The molecule has 3 rings (SSSR count). The minimum absolute atomic E-state index is 0.0175. The number of halogens is 5. The lowest BCUT2D eigenvalue weighted by atomic mass is 10.2. The Morgan fingerprint density at radius 1 is 1.00 bits per heavy atom. The molecular weight excluding hydrogens is 516 g/mol. The first-order valence-electron chi connectivity index (χ1n) is 9.51. The van der Waals surface area contributed by atoms with Crippen LogP contribution in [-0.2, 0) is 21.0 Å². The highest BCUT2D eigenvalue weighted by molar-refractivity contribution is 7.92. The SMILES string of the molecule is COc1ccccc1N(CC(=O)Nc1cccc(C(F)(F)F)c1)S(=O)(=O)c1ccc(Cl)c(Cl)c1. The molecule has 0 fully saturated rings. The molecule has 0 heterocycles. The van der Waals surface area contributed by atoms with Gasteiger partial charge in [0.25, 0.3) is 10.0 Å². The molecular formula is C22H17Cl2F3N2O4S. The third kappa shape index (κ3) is 5.75. The van der Waals surface area contributed by atoms with Crippen LogP contribution in [0.15, 0.2) is 71.6 Å². The Kier molecular flexibility index (Phi) is 7.64. The van der Waals surface area contributed by atoms with Gasteiger partial charge in [-0.25, -0.2) is 8.42 Å². The van der Waals surface area contributed by atoms with E-state index >= 15 is 0 Å². The molecule has 0 saturated heterocycles. The number of carbonyl (C=O) groups excluding carboxylic acids is 1. The molecule has 0 aliphatic heterocycles. The topological polar surface area (TPSA) is 75.7 Å². The molecule has 6 nitrogen and oxygen atoms in total. The number of para-hydroxylation sites is 2. The number of sulfonamides is 1. The number of rotatable bonds is 7. The predicted octanol–water partition coefficient (Wildman–Crippen LogP) is 5.85. The summed E-state index contributed by atoms with van der Waals surface area (Å²) in [5.74, 6) is -0.730. The van der Waals surface area contributed by atoms with Crippen molar-refractivity contribution in [2.45, 2.75) is 11.1 Å². The molecule has 0 spiro atoms. The van der Waals surface area contributed by atoms with Gasteiger partial charge < -0.3 is 10.1 Å². The number of anilines is 2. The summed E-state index contributed by atoms with van der Waals surface area (Å²) in [4.78, 5) is 12.5. The van der Waals surface area contributed by atoms with E-state index in [2.05, 4.69) is 5.32 Å². The van der Waals surface area contributed by atoms with Crippen molar-refractivity contribution in [1.29, 1.82) is 0 Å². The van der Waals surface area contributed by atoms with Crippen LogP contribution in [0, 0.1) is 0 Å². The monoisotopic (exact) mass is 532 g/mol. The van der Waals surface area contributed by atoms with Crippen LogP contribution in [0.2, 0.25) is 10.0 Å². The Balaban J connectivity index is 2.00. The van der Waals surface area contributed by atoms with E-state index in [-0.39, 0.29) is 32.1 Å². The minimum atomic E-state index is -4.61. The summed E-state index contributed by atoms with van der Waals surface area (Å²) >= 11 is 11.9. The quantitative estimate of drug-likeness (QED) is 0.413. The van der Waals surface area contributed by atoms with Gasteiger partial charge in [-0.15, -0.1) is 0 Å². The zero-order chi connectivity index (χ0) is 25.1. The van der Waals surface area contributed by atoms with Crippen molar-refractivity contribution in [1.82, 2.24) is 0 Å². The van der Waals surface area contributed by atoms with E-state index in [9.17, 15) is 26.4 Å². The van der Waals surface area contributed by atoms with Crippen molar-refractivity contribution in [2.75, 3.05) is 23.3 Å². The molecule has 0 atom stereocenters. The standard InChI is InChI=1S/C22H17Cl2F3N2O4S/c1-33-20-8-3-2-7-19(20)29(34(31,32)16-9-10-17(23)18(24)12-16)13-21(30)28-15-6-4-5-14(11-15)22(25,26)27/h2-12H,13H2,1H3,(H,28,30). The van der Waals surface area contributed by atoms with Gasteiger partial charge in [-0.1, -0.05) is 41.4 Å². The van der Waals surface area contributed by atoms with Gasteiger partial charge in [0.1, 0.15) is 12.3 Å². The van der Waals surface area contributed by atoms with Crippen molar-refractivity contribution in [3.05, 3.63) is 82.3 Å². The molecule has 12 heteroatoms. The van der Waals surface area contributed by atoms with Gasteiger partial charge in [0.05, 0.1) is 33.3 Å². The van der Waals surface area contributed by atoms with E-state index in [0.717, 1.165) is 28.6 Å². The molecule has 0 bridgehead atoms. The van der Waals surface area contributed by atoms with E-state index in [1.165, 1.54) is 37.4 Å². The van der Waals surface area contributed by atoms with Crippen LogP contribution >= 0.6 is 23.2 Å². The number of carbonyl (C=O) groups is 1. The van der Waals surface area contributed by atoms with E-state index in [4.69, 9.17) is 27.9 Å². The van der Waals surface area contributed by atoms with Crippen LogP contribution in [0.1, 0.15) is 5.56 Å². The highest BCUT2D eigenvalue weighted by Crippen LogP contribution is 2.34. The largest absolute Gasteiger partial charge is 0.495 e. The van der Waals surface area contributed by atoms with Crippen molar-refractivity contribution in [2.24, 2.45) is 0 Å². The van der Waals surface area contributed by atoms with Gasteiger partial charge >= 0.3 is 6.18 Å². The number of nitrogens with one attached hydrogen (secondary N) is 1. The minimum Gasteiger partial charge on any atom is -0.495 e.